The summed E-state index contributed by atoms with van der Waals surface area (Å²) in [4.78, 5) is 43.2. The molecule has 5 rings (SSSR count). The lowest BCUT2D eigenvalue weighted by atomic mass is 10.1. The van der Waals surface area contributed by atoms with Gasteiger partial charge < -0.3 is 10.6 Å². The second-order valence-corrected chi connectivity index (χ2v) is 12.0. The summed E-state index contributed by atoms with van der Waals surface area (Å²) in [5, 5.41) is 5.76. The molecule has 5 aromatic carbocycles. The summed E-state index contributed by atoms with van der Waals surface area (Å²) >= 11 is 7.61. The predicted molar refractivity (Wildman–Crippen MR) is 188 cm³/mol. The van der Waals surface area contributed by atoms with Gasteiger partial charge in [-0.2, -0.15) is 0 Å². The first-order valence-electron chi connectivity index (χ1n) is 14.8. The highest BCUT2D eigenvalue weighted by Crippen LogP contribution is 2.33. The highest BCUT2D eigenvalue weighted by Gasteiger charge is 2.27. The van der Waals surface area contributed by atoms with Crippen molar-refractivity contribution < 1.29 is 14.4 Å². The summed E-state index contributed by atoms with van der Waals surface area (Å²) in [6.07, 6.45) is 2.17. The van der Waals surface area contributed by atoms with Gasteiger partial charge >= 0.3 is 0 Å². The van der Waals surface area contributed by atoms with E-state index in [4.69, 9.17) is 11.6 Å². The molecule has 1 atom stereocenters. The molecule has 5 aromatic rings. The maximum absolute atomic E-state index is 14.0. The van der Waals surface area contributed by atoms with Crippen molar-refractivity contribution in [3.8, 4) is 0 Å². The molecule has 0 radical (unpaired) electrons. The van der Waals surface area contributed by atoms with E-state index in [1.54, 1.807) is 65.6 Å². The number of carbonyl (C=O) groups excluding carboxylic acids is 3. The van der Waals surface area contributed by atoms with Crippen LogP contribution in [0.3, 0.4) is 0 Å². The minimum atomic E-state index is -0.506. The van der Waals surface area contributed by atoms with Gasteiger partial charge in [-0.15, -0.1) is 11.8 Å². The van der Waals surface area contributed by atoms with Gasteiger partial charge in [0.25, 0.3) is 11.8 Å². The Morgan fingerprint density at radius 2 is 1.37 bits per heavy atom. The number of nitrogens with zero attached hydrogens (tertiary/aromatic N) is 1. The molecule has 0 saturated carbocycles. The molecule has 1 unspecified atom stereocenters. The topological polar surface area (TPSA) is 78.5 Å². The molecule has 0 aliphatic heterocycles. The zero-order valence-electron chi connectivity index (χ0n) is 25.1. The van der Waals surface area contributed by atoms with Gasteiger partial charge in [0, 0.05) is 32.5 Å². The zero-order valence-corrected chi connectivity index (χ0v) is 26.7. The van der Waals surface area contributed by atoms with Gasteiger partial charge in [-0.25, -0.2) is 0 Å². The van der Waals surface area contributed by atoms with Crippen molar-refractivity contribution >= 4 is 64.2 Å². The fourth-order valence-corrected chi connectivity index (χ4v) is 5.98. The molecule has 0 aliphatic carbocycles. The monoisotopic (exact) mass is 645 g/mol. The molecule has 0 aliphatic rings. The summed E-state index contributed by atoms with van der Waals surface area (Å²) in [5.41, 5.74) is 3.22. The predicted octanol–water partition coefficient (Wildman–Crippen LogP) is 8.99. The third-order valence-corrected chi connectivity index (χ3v) is 8.53. The normalized spacial score (nSPS) is 11.7. The summed E-state index contributed by atoms with van der Waals surface area (Å²) < 4.78 is 0. The molecule has 46 heavy (non-hydrogen) atoms. The summed E-state index contributed by atoms with van der Waals surface area (Å²) in [6.45, 7) is 1.98. The Kier molecular flexibility index (Phi) is 11.1. The van der Waals surface area contributed by atoms with Crippen LogP contribution < -0.4 is 15.5 Å². The van der Waals surface area contributed by atoms with E-state index in [1.165, 1.54) is 11.8 Å². The van der Waals surface area contributed by atoms with Crippen LogP contribution in [0.15, 0.2) is 150 Å². The molecule has 6 nitrogen and oxygen atoms in total. The van der Waals surface area contributed by atoms with E-state index < -0.39 is 17.1 Å². The van der Waals surface area contributed by atoms with Crippen LogP contribution in [-0.2, 0) is 9.59 Å². The van der Waals surface area contributed by atoms with Crippen molar-refractivity contribution in [2.24, 2.45) is 0 Å². The van der Waals surface area contributed by atoms with Crippen molar-refractivity contribution in [1.82, 2.24) is 5.32 Å². The number of hydrogen-bond donors (Lipinski definition) is 2. The van der Waals surface area contributed by atoms with Gasteiger partial charge in [0.05, 0.1) is 5.25 Å². The van der Waals surface area contributed by atoms with E-state index in [2.05, 4.69) is 10.6 Å². The van der Waals surface area contributed by atoms with Gasteiger partial charge in [-0.3, -0.25) is 19.3 Å². The maximum Gasteiger partial charge on any atom is 0.272 e. The van der Waals surface area contributed by atoms with Crippen LogP contribution in [-0.4, -0.2) is 23.0 Å². The Balaban J connectivity index is 1.36. The van der Waals surface area contributed by atoms with E-state index in [1.807, 2.05) is 91.9 Å². The Bertz CT molecular complexity index is 1790. The maximum atomic E-state index is 14.0. The second kappa shape index (κ2) is 15.8. The number of carbonyl (C=O) groups is 3. The first-order chi connectivity index (χ1) is 22.4. The number of benzene rings is 5. The van der Waals surface area contributed by atoms with Crippen LogP contribution >= 0.6 is 23.4 Å². The number of rotatable bonds is 11. The standard InChI is InChI=1S/C38H32ClN3O3S/c1-2-35(38(45)42(31-19-8-4-9-20-31)32-21-10-5-11-22-32)46-33-23-13-18-30(26-33)40-37(44)34(25-27-14-12-17-29(39)24-27)41-36(43)28-15-6-3-7-16-28/h3-26,35H,2H2,1H3,(H,40,44)(H,41,43)/b34-25-. The molecule has 8 heteroatoms. The smallest absolute Gasteiger partial charge is 0.272 e. The fraction of sp³-hybridized carbons (Fsp3) is 0.0789. The van der Waals surface area contributed by atoms with Gasteiger partial charge in [0.1, 0.15) is 5.70 Å². The molecule has 0 fully saturated rings. The van der Waals surface area contributed by atoms with Crippen LogP contribution in [0.1, 0.15) is 29.3 Å². The largest absolute Gasteiger partial charge is 0.321 e. The quantitative estimate of drug-likeness (QED) is 0.111. The van der Waals surface area contributed by atoms with E-state index in [9.17, 15) is 14.4 Å². The Hall–Kier alpha value is -5.11. The number of amides is 3. The van der Waals surface area contributed by atoms with Crippen LogP contribution in [0.2, 0.25) is 5.02 Å². The van der Waals surface area contributed by atoms with Gasteiger partial charge in [-0.1, -0.05) is 91.3 Å². The minimum absolute atomic E-state index is 0.0466. The average Bonchev–Trinajstić information content (AvgIpc) is 3.08. The second-order valence-electron chi connectivity index (χ2n) is 10.3. The van der Waals surface area contributed by atoms with E-state index in [-0.39, 0.29) is 11.6 Å². The number of hydrogen-bond acceptors (Lipinski definition) is 4. The molecule has 0 spiro atoms. The number of nitrogens with one attached hydrogen (secondary N) is 2. The first-order valence-corrected chi connectivity index (χ1v) is 16.0. The molecule has 230 valence electrons. The molecule has 0 aromatic heterocycles. The van der Waals surface area contributed by atoms with Crippen molar-refractivity contribution in [2.75, 3.05) is 10.2 Å². The van der Waals surface area contributed by atoms with Crippen LogP contribution in [0, 0.1) is 0 Å². The van der Waals surface area contributed by atoms with E-state index >= 15 is 0 Å². The van der Waals surface area contributed by atoms with E-state index in [0.29, 0.717) is 28.3 Å². The molecule has 0 saturated heterocycles. The third-order valence-electron chi connectivity index (χ3n) is 6.95. The van der Waals surface area contributed by atoms with Crippen LogP contribution in [0.5, 0.6) is 0 Å². The molecule has 2 N–H and O–H groups in total. The van der Waals surface area contributed by atoms with Crippen molar-refractivity contribution in [3.63, 3.8) is 0 Å². The lowest BCUT2D eigenvalue weighted by Crippen LogP contribution is -2.34. The fourth-order valence-electron chi connectivity index (χ4n) is 4.73. The van der Waals surface area contributed by atoms with Gasteiger partial charge in [0.15, 0.2) is 0 Å². The van der Waals surface area contributed by atoms with Crippen molar-refractivity contribution in [2.45, 2.75) is 23.5 Å². The summed E-state index contributed by atoms with van der Waals surface area (Å²) in [7, 11) is 0. The SMILES string of the molecule is CCC(Sc1cccc(NC(=O)/C(=C/c2cccc(Cl)c2)NC(=O)c2ccccc2)c1)C(=O)N(c1ccccc1)c1ccccc1. The zero-order chi connectivity index (χ0) is 32.3. The summed E-state index contributed by atoms with van der Waals surface area (Å²) in [5.74, 6) is -0.970. The Morgan fingerprint density at radius 3 is 1.98 bits per heavy atom. The molecular formula is C38H32ClN3O3S. The third kappa shape index (κ3) is 8.53. The molecule has 3 amide bonds. The highest BCUT2D eigenvalue weighted by molar-refractivity contribution is 8.00. The number of halogens is 1. The average molecular weight is 646 g/mol. The Morgan fingerprint density at radius 1 is 0.761 bits per heavy atom. The van der Waals surface area contributed by atoms with Gasteiger partial charge in [0.2, 0.25) is 5.91 Å². The number of thioether (sulfide) groups is 1. The Labute approximate surface area is 278 Å². The van der Waals surface area contributed by atoms with Gasteiger partial charge in [-0.05, 0) is 84.8 Å². The van der Waals surface area contributed by atoms with Crippen LogP contribution in [0.4, 0.5) is 17.1 Å². The van der Waals surface area contributed by atoms with Crippen molar-refractivity contribution in [1.29, 1.82) is 0 Å². The lowest BCUT2D eigenvalue weighted by Gasteiger charge is -2.27. The number of para-hydroxylation sites is 2. The lowest BCUT2D eigenvalue weighted by molar-refractivity contribution is -0.117. The molecular weight excluding hydrogens is 614 g/mol. The van der Waals surface area contributed by atoms with E-state index in [0.717, 1.165) is 16.3 Å². The summed E-state index contributed by atoms with van der Waals surface area (Å²) in [6, 6.07) is 42.2. The molecule has 0 bridgehead atoms. The molecule has 0 heterocycles. The number of anilines is 3. The minimum Gasteiger partial charge on any atom is -0.321 e. The first kappa shape index (κ1) is 32.3. The van der Waals surface area contributed by atoms with Crippen molar-refractivity contribution in [3.05, 3.63) is 161 Å². The highest BCUT2D eigenvalue weighted by atomic mass is 35.5. The van der Waals surface area contributed by atoms with Crippen LogP contribution in [0.25, 0.3) is 6.08 Å².